The van der Waals surface area contributed by atoms with E-state index in [1.807, 2.05) is 29.2 Å². The molecule has 1 N–H and O–H groups in total. The fourth-order valence-corrected chi connectivity index (χ4v) is 5.88. The lowest BCUT2D eigenvalue weighted by Gasteiger charge is -2.36. The van der Waals surface area contributed by atoms with Gasteiger partial charge in [-0.15, -0.1) is 0 Å². The summed E-state index contributed by atoms with van der Waals surface area (Å²) in [5.41, 5.74) is 0.500. The van der Waals surface area contributed by atoms with E-state index in [0.717, 1.165) is 38.1 Å². The molecule has 2 aromatic carbocycles. The number of methoxy groups -OCH3 is 1. The molecule has 6 rings (SSSR count). The molecule has 1 aromatic heterocycles. The second-order valence-electron chi connectivity index (χ2n) is 10.4. The third kappa shape index (κ3) is 4.05. The minimum atomic E-state index is -1.58. The Kier molecular flexibility index (Phi) is 5.94. The maximum absolute atomic E-state index is 15.5. The fourth-order valence-electron chi connectivity index (χ4n) is 5.88. The molecule has 8 heteroatoms. The summed E-state index contributed by atoms with van der Waals surface area (Å²) in [5.74, 6) is 1.49. The number of ether oxygens (including phenoxy) is 1. The van der Waals surface area contributed by atoms with Gasteiger partial charge in [0.05, 0.1) is 13.2 Å². The number of halogens is 2. The van der Waals surface area contributed by atoms with E-state index in [4.69, 9.17) is 9.72 Å². The number of aromatic nitrogens is 2. The Morgan fingerprint density at radius 2 is 1.78 bits per heavy atom. The van der Waals surface area contributed by atoms with Crippen LogP contribution >= 0.6 is 0 Å². The molecule has 3 aromatic rings. The number of para-hydroxylation sites is 1. The first-order valence-corrected chi connectivity index (χ1v) is 13.0. The van der Waals surface area contributed by atoms with Crippen molar-refractivity contribution in [3.63, 3.8) is 0 Å². The van der Waals surface area contributed by atoms with E-state index in [0.29, 0.717) is 55.2 Å². The van der Waals surface area contributed by atoms with Gasteiger partial charge in [0.2, 0.25) is 0 Å². The Morgan fingerprint density at radius 3 is 2.44 bits per heavy atom. The molecule has 2 aliphatic heterocycles. The summed E-state index contributed by atoms with van der Waals surface area (Å²) < 4.78 is 36.5. The Hall–Kier alpha value is -3.00. The van der Waals surface area contributed by atoms with Gasteiger partial charge in [-0.2, -0.15) is 0 Å². The standard InChI is InChI=1S/C28H32F2N4O2/c1-36-24-6-3-2-5-21(24)18-7-12-33(13-8-18)26-22-15-19(34-14-9-20(35)17-34)16-23(29)25(22)31-27(32-26)28(30)10-4-11-28/h2-3,5-6,15-16,18,20,35H,4,7-14,17H2,1H3/t20-/m0/s1. The summed E-state index contributed by atoms with van der Waals surface area (Å²) in [6.45, 7) is 2.58. The van der Waals surface area contributed by atoms with Crippen LogP contribution in [0.4, 0.5) is 20.3 Å². The number of alkyl halides is 1. The number of nitrogens with zero attached hydrogens (tertiary/aromatic N) is 4. The van der Waals surface area contributed by atoms with Gasteiger partial charge in [0.1, 0.15) is 17.1 Å². The first-order valence-electron chi connectivity index (χ1n) is 13.0. The zero-order valence-corrected chi connectivity index (χ0v) is 20.6. The van der Waals surface area contributed by atoms with Crippen LogP contribution in [0.3, 0.4) is 0 Å². The average molecular weight is 495 g/mol. The number of aliphatic hydroxyl groups excluding tert-OH is 1. The van der Waals surface area contributed by atoms with Gasteiger partial charge in [-0.25, -0.2) is 18.7 Å². The van der Waals surface area contributed by atoms with Gasteiger partial charge in [0, 0.05) is 37.3 Å². The monoisotopic (exact) mass is 494 g/mol. The van der Waals surface area contributed by atoms with E-state index in [1.165, 1.54) is 11.6 Å². The Balaban J connectivity index is 1.37. The molecule has 0 bridgehead atoms. The summed E-state index contributed by atoms with van der Waals surface area (Å²) in [5, 5.41) is 10.6. The molecule has 1 aliphatic carbocycles. The van der Waals surface area contributed by atoms with Crippen molar-refractivity contribution in [2.75, 3.05) is 43.1 Å². The molecule has 3 fully saturated rings. The lowest BCUT2D eigenvalue weighted by atomic mass is 9.81. The summed E-state index contributed by atoms with van der Waals surface area (Å²) in [6, 6.07) is 11.5. The number of hydrogen-bond acceptors (Lipinski definition) is 6. The number of benzene rings is 2. The SMILES string of the molecule is COc1ccccc1C1CCN(c2nc(C3(F)CCC3)nc3c(F)cc(N4CC[C@H](O)C4)cc23)CC1. The van der Waals surface area contributed by atoms with E-state index < -0.39 is 17.6 Å². The van der Waals surface area contributed by atoms with Crippen LogP contribution in [0, 0.1) is 5.82 Å². The van der Waals surface area contributed by atoms with Crippen LogP contribution in [0.2, 0.25) is 0 Å². The lowest BCUT2D eigenvalue weighted by Crippen LogP contribution is -2.36. The molecule has 2 saturated heterocycles. The Labute approximate surface area is 209 Å². The molecular weight excluding hydrogens is 462 g/mol. The second-order valence-corrected chi connectivity index (χ2v) is 10.4. The van der Waals surface area contributed by atoms with Crippen LogP contribution in [-0.2, 0) is 5.67 Å². The third-order valence-electron chi connectivity index (χ3n) is 8.17. The molecule has 6 nitrogen and oxygen atoms in total. The molecule has 190 valence electrons. The predicted molar refractivity (Wildman–Crippen MR) is 136 cm³/mol. The molecule has 0 unspecified atom stereocenters. The van der Waals surface area contributed by atoms with Crippen molar-refractivity contribution in [2.24, 2.45) is 0 Å². The number of hydrogen-bond donors (Lipinski definition) is 1. The van der Waals surface area contributed by atoms with Gasteiger partial charge < -0.3 is 19.6 Å². The van der Waals surface area contributed by atoms with Crippen LogP contribution in [0.1, 0.15) is 55.8 Å². The highest BCUT2D eigenvalue weighted by Gasteiger charge is 2.43. The van der Waals surface area contributed by atoms with Crippen LogP contribution in [0.25, 0.3) is 10.9 Å². The summed E-state index contributed by atoms with van der Waals surface area (Å²) in [6.07, 6.45) is 3.56. The second kappa shape index (κ2) is 9.14. The highest BCUT2D eigenvalue weighted by molar-refractivity contribution is 5.93. The van der Waals surface area contributed by atoms with Gasteiger partial charge >= 0.3 is 0 Å². The van der Waals surface area contributed by atoms with E-state index in [-0.39, 0.29) is 11.3 Å². The van der Waals surface area contributed by atoms with Crippen molar-refractivity contribution in [3.8, 4) is 5.75 Å². The highest BCUT2D eigenvalue weighted by Crippen LogP contribution is 2.45. The van der Waals surface area contributed by atoms with Crippen molar-refractivity contribution in [3.05, 3.63) is 53.6 Å². The van der Waals surface area contributed by atoms with Crippen molar-refractivity contribution in [1.29, 1.82) is 0 Å². The van der Waals surface area contributed by atoms with E-state index in [2.05, 4.69) is 16.0 Å². The quantitative estimate of drug-likeness (QED) is 0.534. The van der Waals surface area contributed by atoms with E-state index >= 15 is 8.78 Å². The fraction of sp³-hybridized carbons (Fsp3) is 0.500. The largest absolute Gasteiger partial charge is 0.496 e. The molecule has 36 heavy (non-hydrogen) atoms. The van der Waals surface area contributed by atoms with Crippen LogP contribution in [0.15, 0.2) is 36.4 Å². The molecule has 3 heterocycles. The normalized spacial score (nSPS) is 22.2. The lowest BCUT2D eigenvalue weighted by molar-refractivity contribution is 0.0511. The molecule has 0 amide bonds. The van der Waals surface area contributed by atoms with Crippen molar-refractivity contribution >= 4 is 22.4 Å². The molecule has 0 spiro atoms. The molecule has 1 saturated carbocycles. The minimum absolute atomic E-state index is 0.103. The molecule has 0 radical (unpaired) electrons. The molecule has 3 aliphatic rings. The first-order chi connectivity index (χ1) is 17.4. The van der Waals surface area contributed by atoms with E-state index in [9.17, 15) is 5.11 Å². The van der Waals surface area contributed by atoms with Crippen LogP contribution < -0.4 is 14.5 Å². The Bertz CT molecular complexity index is 1270. The van der Waals surface area contributed by atoms with Gasteiger partial charge in [0.25, 0.3) is 0 Å². The minimum Gasteiger partial charge on any atom is -0.496 e. The number of β-amino-alcohol motifs (C(OH)–C–C–N with tert-alkyl or cyclic N) is 1. The highest BCUT2D eigenvalue weighted by atomic mass is 19.1. The van der Waals surface area contributed by atoms with E-state index in [1.54, 1.807) is 7.11 Å². The van der Waals surface area contributed by atoms with Gasteiger partial charge in [-0.05, 0) is 68.2 Å². The number of anilines is 2. The van der Waals surface area contributed by atoms with Crippen molar-refractivity contribution < 1.29 is 18.6 Å². The van der Waals surface area contributed by atoms with Crippen molar-refractivity contribution in [1.82, 2.24) is 9.97 Å². The zero-order chi connectivity index (χ0) is 24.9. The maximum Gasteiger partial charge on any atom is 0.170 e. The zero-order valence-electron chi connectivity index (χ0n) is 20.6. The third-order valence-corrected chi connectivity index (χ3v) is 8.17. The van der Waals surface area contributed by atoms with Gasteiger partial charge in [-0.3, -0.25) is 0 Å². The maximum atomic E-state index is 15.5. The number of fused-ring (bicyclic) bond motifs is 1. The topological polar surface area (TPSA) is 61.7 Å². The number of rotatable bonds is 5. The van der Waals surface area contributed by atoms with Crippen LogP contribution in [0.5, 0.6) is 5.75 Å². The van der Waals surface area contributed by atoms with Crippen molar-refractivity contribution in [2.45, 2.75) is 56.2 Å². The predicted octanol–water partition coefficient (Wildman–Crippen LogP) is 5.08. The Morgan fingerprint density at radius 1 is 1.03 bits per heavy atom. The first kappa shape index (κ1) is 23.4. The average Bonchev–Trinajstić information content (AvgIpc) is 3.33. The number of piperidine rings is 1. The van der Waals surface area contributed by atoms with Gasteiger partial charge in [-0.1, -0.05) is 18.2 Å². The summed E-state index contributed by atoms with van der Waals surface area (Å²) in [7, 11) is 1.70. The molecular formula is C28H32F2N4O2. The number of aliphatic hydroxyl groups is 1. The summed E-state index contributed by atoms with van der Waals surface area (Å²) >= 11 is 0. The smallest absolute Gasteiger partial charge is 0.170 e. The van der Waals surface area contributed by atoms with Gasteiger partial charge in [0.15, 0.2) is 17.3 Å². The van der Waals surface area contributed by atoms with Crippen LogP contribution in [-0.4, -0.2) is 54.5 Å². The summed E-state index contributed by atoms with van der Waals surface area (Å²) in [4.78, 5) is 13.3. The molecule has 1 atom stereocenters.